The largest absolute Gasteiger partial charge is 0.351 e. The van der Waals surface area contributed by atoms with Crippen molar-refractivity contribution < 1.29 is 4.79 Å². The molecule has 4 nitrogen and oxygen atoms in total. The van der Waals surface area contributed by atoms with Crippen LogP contribution in [0.4, 0.5) is 0 Å². The SMILES string of the molecule is C#CCCCCNC(=O)c1csc(CN)n1. The molecule has 0 fully saturated rings. The number of nitrogens with one attached hydrogen (secondary N) is 1. The Morgan fingerprint density at radius 3 is 3.06 bits per heavy atom. The highest BCUT2D eigenvalue weighted by Gasteiger charge is 2.08. The summed E-state index contributed by atoms with van der Waals surface area (Å²) in [5, 5.41) is 5.29. The summed E-state index contributed by atoms with van der Waals surface area (Å²) in [5.74, 6) is 2.42. The van der Waals surface area contributed by atoms with Crippen LogP contribution in [0.25, 0.3) is 0 Å². The lowest BCUT2D eigenvalue weighted by Gasteiger charge is -2.01. The van der Waals surface area contributed by atoms with Crippen molar-refractivity contribution in [3.63, 3.8) is 0 Å². The highest BCUT2D eigenvalue weighted by atomic mass is 32.1. The summed E-state index contributed by atoms with van der Waals surface area (Å²) in [6.07, 6.45) is 7.70. The fourth-order valence-corrected chi connectivity index (χ4v) is 1.81. The Morgan fingerprint density at radius 2 is 2.44 bits per heavy atom. The molecule has 1 aromatic rings. The second-order valence-electron chi connectivity index (χ2n) is 3.25. The molecule has 0 aliphatic heterocycles. The summed E-state index contributed by atoms with van der Waals surface area (Å²) < 4.78 is 0. The Balaban J connectivity index is 2.27. The molecule has 1 amide bonds. The Morgan fingerprint density at radius 1 is 1.62 bits per heavy atom. The molecule has 0 spiro atoms. The summed E-state index contributed by atoms with van der Waals surface area (Å²) in [5.41, 5.74) is 5.86. The third-order valence-electron chi connectivity index (χ3n) is 1.99. The number of nitrogens with zero attached hydrogens (tertiary/aromatic N) is 1. The van der Waals surface area contributed by atoms with Gasteiger partial charge in [0.1, 0.15) is 10.7 Å². The number of aromatic nitrogens is 1. The molecule has 0 aromatic carbocycles. The Kier molecular flexibility index (Phi) is 5.54. The van der Waals surface area contributed by atoms with Crippen LogP contribution in [0.2, 0.25) is 0 Å². The van der Waals surface area contributed by atoms with Gasteiger partial charge in [-0.25, -0.2) is 4.98 Å². The summed E-state index contributed by atoms with van der Waals surface area (Å²) in [7, 11) is 0. The van der Waals surface area contributed by atoms with Crippen molar-refractivity contribution in [3.8, 4) is 12.3 Å². The van der Waals surface area contributed by atoms with Gasteiger partial charge in [-0.3, -0.25) is 4.79 Å². The smallest absolute Gasteiger partial charge is 0.270 e. The normalized spacial score (nSPS) is 9.75. The average Bonchev–Trinajstić information content (AvgIpc) is 2.77. The third-order valence-corrected chi connectivity index (χ3v) is 2.86. The highest BCUT2D eigenvalue weighted by Crippen LogP contribution is 2.08. The fourth-order valence-electron chi connectivity index (χ4n) is 1.15. The molecule has 0 bridgehead atoms. The number of thiazole rings is 1. The number of nitrogens with two attached hydrogens (primary N) is 1. The van der Waals surface area contributed by atoms with E-state index in [2.05, 4.69) is 16.2 Å². The Hall–Kier alpha value is -1.38. The average molecular weight is 237 g/mol. The van der Waals surface area contributed by atoms with Crippen LogP contribution in [0.15, 0.2) is 5.38 Å². The first-order valence-corrected chi connectivity index (χ1v) is 6.02. The fraction of sp³-hybridized carbons (Fsp3) is 0.455. The zero-order chi connectivity index (χ0) is 11.8. The minimum Gasteiger partial charge on any atom is -0.351 e. The Labute approximate surface area is 99.3 Å². The van der Waals surface area contributed by atoms with Crippen LogP contribution in [-0.4, -0.2) is 17.4 Å². The van der Waals surface area contributed by atoms with Gasteiger partial charge < -0.3 is 11.1 Å². The van der Waals surface area contributed by atoms with E-state index in [9.17, 15) is 4.79 Å². The first-order valence-electron chi connectivity index (χ1n) is 5.14. The molecule has 0 aliphatic rings. The van der Waals surface area contributed by atoms with Crippen LogP contribution in [0, 0.1) is 12.3 Å². The van der Waals surface area contributed by atoms with E-state index in [1.165, 1.54) is 11.3 Å². The predicted molar refractivity (Wildman–Crippen MR) is 65.0 cm³/mol. The maximum atomic E-state index is 11.6. The van der Waals surface area contributed by atoms with Gasteiger partial charge in [-0.15, -0.1) is 23.7 Å². The molecule has 1 heterocycles. The number of carbonyl (C=O) groups is 1. The molecule has 0 radical (unpaired) electrons. The number of rotatable bonds is 6. The number of amides is 1. The second kappa shape index (κ2) is 6.99. The monoisotopic (exact) mass is 237 g/mol. The van der Waals surface area contributed by atoms with Gasteiger partial charge in [0.25, 0.3) is 5.91 Å². The lowest BCUT2D eigenvalue weighted by Crippen LogP contribution is -2.24. The van der Waals surface area contributed by atoms with Crippen LogP contribution in [0.5, 0.6) is 0 Å². The van der Waals surface area contributed by atoms with E-state index >= 15 is 0 Å². The van der Waals surface area contributed by atoms with Gasteiger partial charge in [-0.05, 0) is 12.8 Å². The maximum Gasteiger partial charge on any atom is 0.270 e. The van der Waals surface area contributed by atoms with Crippen LogP contribution in [0.3, 0.4) is 0 Å². The third kappa shape index (κ3) is 4.01. The van der Waals surface area contributed by atoms with E-state index < -0.39 is 0 Å². The molecule has 1 aromatic heterocycles. The second-order valence-corrected chi connectivity index (χ2v) is 4.19. The van der Waals surface area contributed by atoms with Gasteiger partial charge in [-0.1, -0.05) is 0 Å². The van der Waals surface area contributed by atoms with E-state index in [0.29, 0.717) is 18.8 Å². The van der Waals surface area contributed by atoms with E-state index in [-0.39, 0.29) is 5.91 Å². The topological polar surface area (TPSA) is 68.0 Å². The molecule has 86 valence electrons. The van der Waals surface area contributed by atoms with Crippen molar-refractivity contribution in [2.75, 3.05) is 6.54 Å². The molecular weight excluding hydrogens is 222 g/mol. The van der Waals surface area contributed by atoms with Gasteiger partial charge in [0.05, 0.1) is 0 Å². The van der Waals surface area contributed by atoms with Crippen molar-refractivity contribution >= 4 is 17.2 Å². The quantitative estimate of drug-likeness (QED) is 0.576. The predicted octanol–water partition coefficient (Wildman–Crippen LogP) is 1.14. The number of carbonyl (C=O) groups excluding carboxylic acids is 1. The molecule has 5 heteroatoms. The molecule has 3 N–H and O–H groups in total. The summed E-state index contributed by atoms with van der Waals surface area (Å²) in [6.45, 7) is 1.01. The Bertz CT molecular complexity index is 381. The molecule has 0 atom stereocenters. The summed E-state index contributed by atoms with van der Waals surface area (Å²) in [6, 6.07) is 0. The highest BCUT2D eigenvalue weighted by molar-refractivity contribution is 7.09. The maximum absolute atomic E-state index is 11.6. The van der Waals surface area contributed by atoms with Crippen LogP contribution < -0.4 is 11.1 Å². The molecule has 16 heavy (non-hydrogen) atoms. The lowest BCUT2D eigenvalue weighted by atomic mass is 10.2. The van der Waals surface area contributed by atoms with Crippen molar-refractivity contribution in [3.05, 3.63) is 16.1 Å². The minimum absolute atomic E-state index is 0.142. The van der Waals surface area contributed by atoms with Gasteiger partial charge in [0.2, 0.25) is 0 Å². The van der Waals surface area contributed by atoms with Crippen LogP contribution >= 0.6 is 11.3 Å². The standard InChI is InChI=1S/C11H15N3OS/c1-2-3-4-5-6-13-11(15)9-8-16-10(7-12)14-9/h1,8H,3-7,12H2,(H,13,15). The molecule has 0 saturated heterocycles. The number of unbranched alkanes of at least 4 members (excludes halogenated alkanes) is 2. The minimum atomic E-state index is -0.142. The van der Waals surface area contributed by atoms with Gasteiger partial charge >= 0.3 is 0 Å². The summed E-state index contributed by atoms with van der Waals surface area (Å²) in [4.78, 5) is 15.7. The first kappa shape index (κ1) is 12.7. The van der Waals surface area contributed by atoms with Crippen molar-refractivity contribution in [1.29, 1.82) is 0 Å². The van der Waals surface area contributed by atoms with E-state index in [4.69, 9.17) is 12.2 Å². The van der Waals surface area contributed by atoms with Gasteiger partial charge in [0.15, 0.2) is 0 Å². The van der Waals surface area contributed by atoms with Crippen molar-refractivity contribution in [2.45, 2.75) is 25.8 Å². The van der Waals surface area contributed by atoms with E-state index in [1.54, 1.807) is 5.38 Å². The number of terminal acetylenes is 1. The molecule has 1 rings (SSSR count). The van der Waals surface area contributed by atoms with Crippen molar-refractivity contribution in [2.24, 2.45) is 5.73 Å². The van der Waals surface area contributed by atoms with E-state index in [0.717, 1.165) is 24.3 Å². The zero-order valence-corrected chi connectivity index (χ0v) is 9.85. The first-order chi connectivity index (χ1) is 7.77. The zero-order valence-electron chi connectivity index (χ0n) is 9.03. The lowest BCUT2D eigenvalue weighted by molar-refractivity contribution is 0.0948. The van der Waals surface area contributed by atoms with Gasteiger partial charge in [-0.2, -0.15) is 0 Å². The van der Waals surface area contributed by atoms with Crippen LogP contribution in [-0.2, 0) is 6.54 Å². The summed E-state index contributed by atoms with van der Waals surface area (Å²) >= 11 is 1.40. The molecule has 0 saturated carbocycles. The van der Waals surface area contributed by atoms with Crippen LogP contribution in [0.1, 0.15) is 34.8 Å². The molecule has 0 aliphatic carbocycles. The van der Waals surface area contributed by atoms with E-state index in [1.807, 2.05) is 0 Å². The number of hydrogen-bond acceptors (Lipinski definition) is 4. The molecule has 0 unspecified atom stereocenters. The van der Waals surface area contributed by atoms with Crippen molar-refractivity contribution in [1.82, 2.24) is 10.3 Å². The molecular formula is C11H15N3OS. The number of hydrogen-bond donors (Lipinski definition) is 2. The van der Waals surface area contributed by atoms with Gasteiger partial charge in [0, 0.05) is 24.9 Å².